The SMILES string of the molecule is CCC(C(N)=NO)N1CCN(Cc2cc(C)nn2C)CC1. The lowest BCUT2D eigenvalue weighted by atomic mass is 10.1. The zero-order valence-electron chi connectivity index (χ0n) is 13.2. The van der Waals surface area contributed by atoms with Crippen molar-refractivity contribution in [3.8, 4) is 0 Å². The molecule has 0 aliphatic carbocycles. The van der Waals surface area contributed by atoms with Gasteiger partial charge >= 0.3 is 0 Å². The summed E-state index contributed by atoms with van der Waals surface area (Å²) in [5, 5.41) is 16.4. The Morgan fingerprint density at radius 3 is 2.57 bits per heavy atom. The molecule has 3 N–H and O–H groups in total. The van der Waals surface area contributed by atoms with Crippen LogP contribution < -0.4 is 5.73 Å². The number of nitrogens with two attached hydrogens (primary N) is 1. The minimum atomic E-state index is 0.0381. The summed E-state index contributed by atoms with van der Waals surface area (Å²) < 4.78 is 1.95. The van der Waals surface area contributed by atoms with Gasteiger partial charge in [0.2, 0.25) is 0 Å². The lowest BCUT2D eigenvalue weighted by Crippen LogP contribution is -2.53. The molecule has 0 radical (unpaired) electrons. The molecule has 2 rings (SSSR count). The second kappa shape index (κ2) is 6.91. The van der Waals surface area contributed by atoms with Crippen LogP contribution in [0.3, 0.4) is 0 Å². The van der Waals surface area contributed by atoms with Crippen molar-refractivity contribution in [3.05, 3.63) is 17.5 Å². The Morgan fingerprint density at radius 2 is 2.10 bits per heavy atom. The van der Waals surface area contributed by atoms with Crippen molar-refractivity contribution >= 4 is 5.84 Å². The molecule has 7 nitrogen and oxygen atoms in total. The third-order valence-corrected chi connectivity index (χ3v) is 4.18. The topological polar surface area (TPSA) is 82.9 Å². The Bertz CT molecular complexity index is 490. The molecule has 1 aliphatic heterocycles. The van der Waals surface area contributed by atoms with Gasteiger partial charge in [0.1, 0.15) is 0 Å². The summed E-state index contributed by atoms with van der Waals surface area (Å²) in [6, 6.07) is 2.17. The van der Waals surface area contributed by atoms with Crippen molar-refractivity contribution in [3.63, 3.8) is 0 Å². The second-order valence-electron chi connectivity index (χ2n) is 5.66. The number of rotatable bonds is 5. The number of hydrogen-bond acceptors (Lipinski definition) is 5. The van der Waals surface area contributed by atoms with E-state index in [2.05, 4.69) is 33.0 Å². The number of aromatic nitrogens is 2. The second-order valence-corrected chi connectivity index (χ2v) is 5.66. The Hall–Kier alpha value is -1.60. The minimum absolute atomic E-state index is 0.0381. The highest BCUT2D eigenvalue weighted by atomic mass is 16.4. The summed E-state index contributed by atoms with van der Waals surface area (Å²) in [6.45, 7) is 8.85. The largest absolute Gasteiger partial charge is 0.409 e. The summed E-state index contributed by atoms with van der Waals surface area (Å²) >= 11 is 0. The maximum absolute atomic E-state index is 8.86. The fourth-order valence-corrected chi connectivity index (χ4v) is 3.00. The molecule has 118 valence electrons. The van der Waals surface area contributed by atoms with E-state index in [1.165, 1.54) is 5.69 Å². The fraction of sp³-hybridized carbons (Fsp3) is 0.714. The van der Waals surface area contributed by atoms with E-state index in [9.17, 15) is 0 Å². The number of hydrogen-bond donors (Lipinski definition) is 2. The third kappa shape index (κ3) is 3.74. The Labute approximate surface area is 126 Å². The summed E-state index contributed by atoms with van der Waals surface area (Å²) in [5.41, 5.74) is 8.07. The molecule has 0 aromatic carbocycles. The van der Waals surface area contributed by atoms with Crippen molar-refractivity contribution in [2.75, 3.05) is 26.2 Å². The molecule has 1 aromatic rings. The number of oxime groups is 1. The molecule has 1 fully saturated rings. The van der Waals surface area contributed by atoms with E-state index in [4.69, 9.17) is 10.9 Å². The maximum Gasteiger partial charge on any atom is 0.156 e. The first-order chi connectivity index (χ1) is 10.0. The molecule has 1 unspecified atom stereocenters. The van der Waals surface area contributed by atoms with Gasteiger partial charge in [-0.2, -0.15) is 5.10 Å². The van der Waals surface area contributed by atoms with Crippen LogP contribution in [0, 0.1) is 6.92 Å². The van der Waals surface area contributed by atoms with Gasteiger partial charge in [0.05, 0.1) is 17.4 Å². The first kappa shape index (κ1) is 15.8. The number of piperazine rings is 1. The first-order valence-electron chi connectivity index (χ1n) is 7.48. The molecular weight excluding hydrogens is 268 g/mol. The van der Waals surface area contributed by atoms with Crippen molar-refractivity contribution in [1.29, 1.82) is 0 Å². The van der Waals surface area contributed by atoms with Crippen molar-refractivity contribution in [1.82, 2.24) is 19.6 Å². The van der Waals surface area contributed by atoms with Crippen LogP contribution in [0.25, 0.3) is 0 Å². The maximum atomic E-state index is 8.86. The van der Waals surface area contributed by atoms with Crippen LogP contribution in [0.15, 0.2) is 11.2 Å². The highest BCUT2D eigenvalue weighted by Gasteiger charge is 2.25. The molecule has 0 spiro atoms. The van der Waals surface area contributed by atoms with E-state index in [0.717, 1.165) is 44.8 Å². The Kier molecular flexibility index (Phi) is 5.19. The smallest absolute Gasteiger partial charge is 0.156 e. The predicted octanol–water partition coefficient (Wildman–Crippen LogP) is 0.371. The minimum Gasteiger partial charge on any atom is -0.409 e. The van der Waals surface area contributed by atoms with Gasteiger partial charge in [-0.25, -0.2) is 0 Å². The Balaban J connectivity index is 1.89. The molecule has 21 heavy (non-hydrogen) atoms. The average molecular weight is 294 g/mol. The lowest BCUT2D eigenvalue weighted by Gasteiger charge is -2.38. The van der Waals surface area contributed by atoms with E-state index >= 15 is 0 Å². The van der Waals surface area contributed by atoms with Crippen molar-refractivity contribution in [2.24, 2.45) is 17.9 Å². The van der Waals surface area contributed by atoms with Crippen LogP contribution in [0.5, 0.6) is 0 Å². The summed E-state index contributed by atoms with van der Waals surface area (Å²) in [6.07, 6.45) is 0.858. The monoisotopic (exact) mass is 294 g/mol. The summed E-state index contributed by atoms with van der Waals surface area (Å²) in [4.78, 5) is 4.71. The molecule has 0 bridgehead atoms. The van der Waals surface area contributed by atoms with E-state index in [1.54, 1.807) is 0 Å². The first-order valence-corrected chi connectivity index (χ1v) is 7.48. The molecule has 2 heterocycles. The van der Waals surface area contributed by atoms with E-state index in [-0.39, 0.29) is 6.04 Å². The van der Waals surface area contributed by atoms with Gasteiger partial charge < -0.3 is 10.9 Å². The summed E-state index contributed by atoms with van der Waals surface area (Å²) in [5.74, 6) is 0.313. The quantitative estimate of drug-likeness (QED) is 0.355. The molecule has 7 heteroatoms. The zero-order valence-corrected chi connectivity index (χ0v) is 13.2. The van der Waals surface area contributed by atoms with Gasteiger partial charge in [-0.05, 0) is 19.4 Å². The lowest BCUT2D eigenvalue weighted by molar-refractivity contribution is 0.108. The van der Waals surface area contributed by atoms with E-state index in [0.29, 0.717) is 5.84 Å². The zero-order chi connectivity index (χ0) is 15.4. The molecule has 1 saturated heterocycles. The van der Waals surface area contributed by atoms with Crippen LogP contribution in [-0.4, -0.2) is 62.8 Å². The standard InChI is InChI=1S/C14H26N6O/c1-4-13(14(15)17-21)20-7-5-19(6-8-20)10-12-9-11(2)16-18(12)3/h9,13,21H,4-8,10H2,1-3H3,(H2,15,17). The van der Waals surface area contributed by atoms with Gasteiger partial charge in [0.15, 0.2) is 5.84 Å². The van der Waals surface area contributed by atoms with Crippen LogP contribution >= 0.6 is 0 Å². The van der Waals surface area contributed by atoms with Crippen LogP contribution in [0.2, 0.25) is 0 Å². The number of amidine groups is 1. The average Bonchev–Trinajstić information content (AvgIpc) is 2.79. The van der Waals surface area contributed by atoms with Gasteiger partial charge in [-0.3, -0.25) is 14.5 Å². The van der Waals surface area contributed by atoms with Crippen LogP contribution in [0.4, 0.5) is 0 Å². The molecule has 0 amide bonds. The normalized spacial score (nSPS) is 19.9. The van der Waals surface area contributed by atoms with E-state index in [1.807, 2.05) is 18.7 Å². The number of nitrogens with zero attached hydrogens (tertiary/aromatic N) is 5. The van der Waals surface area contributed by atoms with Crippen LogP contribution in [-0.2, 0) is 13.6 Å². The molecule has 1 aliphatic rings. The van der Waals surface area contributed by atoms with Gasteiger partial charge in [0.25, 0.3) is 0 Å². The molecule has 1 atom stereocenters. The van der Waals surface area contributed by atoms with Crippen molar-refractivity contribution in [2.45, 2.75) is 32.9 Å². The van der Waals surface area contributed by atoms with E-state index < -0.39 is 0 Å². The summed E-state index contributed by atoms with van der Waals surface area (Å²) in [7, 11) is 1.99. The van der Waals surface area contributed by atoms with Gasteiger partial charge in [-0.1, -0.05) is 12.1 Å². The highest BCUT2D eigenvalue weighted by molar-refractivity contribution is 5.85. The predicted molar refractivity (Wildman–Crippen MR) is 82.3 cm³/mol. The van der Waals surface area contributed by atoms with Crippen molar-refractivity contribution < 1.29 is 5.21 Å². The molecular formula is C14H26N6O. The molecule has 1 aromatic heterocycles. The molecule has 0 saturated carbocycles. The van der Waals surface area contributed by atoms with Gasteiger partial charge in [0, 0.05) is 39.8 Å². The highest BCUT2D eigenvalue weighted by Crippen LogP contribution is 2.13. The Morgan fingerprint density at radius 1 is 1.43 bits per heavy atom. The third-order valence-electron chi connectivity index (χ3n) is 4.18. The number of aryl methyl sites for hydroxylation is 2. The van der Waals surface area contributed by atoms with Crippen LogP contribution in [0.1, 0.15) is 24.7 Å². The van der Waals surface area contributed by atoms with Gasteiger partial charge in [-0.15, -0.1) is 0 Å². The fourth-order valence-electron chi connectivity index (χ4n) is 3.00.